The van der Waals surface area contributed by atoms with Crippen molar-refractivity contribution in [2.24, 2.45) is 5.73 Å². The molecule has 0 saturated heterocycles. The molecular weight excluding hydrogens is 247 g/mol. The molecule has 0 aliphatic carbocycles. The summed E-state index contributed by atoms with van der Waals surface area (Å²) in [5.41, 5.74) is 6.11. The summed E-state index contributed by atoms with van der Waals surface area (Å²) in [7, 11) is 1.85. The van der Waals surface area contributed by atoms with Crippen LogP contribution < -0.4 is 5.73 Å². The first-order chi connectivity index (χ1) is 7.41. The third-order valence-corrected chi connectivity index (χ3v) is 3.08. The lowest BCUT2D eigenvalue weighted by Gasteiger charge is -2.23. The van der Waals surface area contributed by atoms with E-state index < -0.39 is 0 Å². The van der Waals surface area contributed by atoms with Gasteiger partial charge in [-0.2, -0.15) is 0 Å². The molecule has 2 N–H and O–H groups in total. The highest BCUT2D eigenvalue weighted by atomic mass is 35.5. The molecule has 88 valence electrons. The fourth-order valence-electron chi connectivity index (χ4n) is 1.27. The second kappa shape index (κ2) is 5.57. The lowest BCUT2D eigenvalue weighted by atomic mass is 10.2. The zero-order valence-electron chi connectivity index (χ0n) is 9.21. The van der Waals surface area contributed by atoms with E-state index in [4.69, 9.17) is 29.6 Å². The van der Waals surface area contributed by atoms with Crippen LogP contribution in [-0.2, 0) is 6.54 Å². The van der Waals surface area contributed by atoms with Crippen LogP contribution in [0.15, 0.2) is 18.2 Å². The minimum absolute atomic E-state index is 0.0647. The second-order valence-corrected chi connectivity index (χ2v) is 4.64. The lowest BCUT2D eigenvalue weighted by molar-refractivity contribution is 0.299. The summed E-state index contributed by atoms with van der Waals surface area (Å²) in [6, 6.07) is 4.57. The van der Waals surface area contributed by atoms with Gasteiger partial charge in [0.1, 0.15) is 5.82 Å². The molecule has 1 aromatic rings. The average Bonchev–Trinajstić information content (AvgIpc) is 2.20. The molecule has 1 unspecified atom stereocenters. The van der Waals surface area contributed by atoms with Crippen LogP contribution in [0.1, 0.15) is 12.5 Å². The largest absolute Gasteiger partial charge is 0.392 e. The van der Waals surface area contributed by atoms with Crippen LogP contribution in [-0.4, -0.2) is 23.0 Å². The van der Waals surface area contributed by atoms with Crippen LogP contribution in [0.2, 0.25) is 5.02 Å². The topological polar surface area (TPSA) is 29.3 Å². The van der Waals surface area contributed by atoms with Gasteiger partial charge >= 0.3 is 0 Å². The van der Waals surface area contributed by atoms with Crippen molar-refractivity contribution in [1.82, 2.24) is 4.90 Å². The van der Waals surface area contributed by atoms with Crippen LogP contribution in [0.4, 0.5) is 4.39 Å². The predicted octanol–water partition coefficient (Wildman–Crippen LogP) is 2.59. The summed E-state index contributed by atoms with van der Waals surface area (Å²) in [6.07, 6.45) is 0. The molecule has 2 nitrogen and oxygen atoms in total. The molecule has 0 heterocycles. The quantitative estimate of drug-likeness (QED) is 0.844. The van der Waals surface area contributed by atoms with Crippen molar-refractivity contribution in [3.05, 3.63) is 34.6 Å². The van der Waals surface area contributed by atoms with Crippen LogP contribution >= 0.6 is 23.8 Å². The molecule has 16 heavy (non-hydrogen) atoms. The normalized spacial score (nSPS) is 12.8. The maximum absolute atomic E-state index is 13.5. The SMILES string of the molecule is CC(C(N)=S)N(C)Cc1ccc(Cl)cc1F. The lowest BCUT2D eigenvalue weighted by Crippen LogP contribution is -2.38. The molecule has 0 aromatic heterocycles. The van der Waals surface area contributed by atoms with Gasteiger partial charge < -0.3 is 5.73 Å². The highest BCUT2D eigenvalue weighted by molar-refractivity contribution is 7.80. The number of hydrogen-bond acceptors (Lipinski definition) is 2. The summed E-state index contributed by atoms with van der Waals surface area (Å²) in [5.74, 6) is -0.311. The van der Waals surface area contributed by atoms with E-state index in [0.29, 0.717) is 22.1 Å². The Hall–Kier alpha value is -0.710. The van der Waals surface area contributed by atoms with Crippen molar-refractivity contribution in [1.29, 1.82) is 0 Å². The Bertz CT molecular complexity index is 398. The maximum Gasteiger partial charge on any atom is 0.129 e. The van der Waals surface area contributed by atoms with Gasteiger partial charge in [-0.1, -0.05) is 29.9 Å². The summed E-state index contributed by atoms with van der Waals surface area (Å²) in [6.45, 7) is 2.33. The number of rotatable bonds is 4. The first-order valence-corrected chi connectivity index (χ1v) is 5.64. The molecule has 0 saturated carbocycles. The summed E-state index contributed by atoms with van der Waals surface area (Å²) in [4.78, 5) is 2.28. The fraction of sp³-hybridized carbons (Fsp3) is 0.364. The highest BCUT2D eigenvalue weighted by Crippen LogP contribution is 2.16. The molecule has 0 spiro atoms. The van der Waals surface area contributed by atoms with E-state index in [1.54, 1.807) is 12.1 Å². The van der Waals surface area contributed by atoms with Crippen molar-refractivity contribution in [3.8, 4) is 0 Å². The molecule has 0 fully saturated rings. The molecule has 0 bridgehead atoms. The van der Waals surface area contributed by atoms with E-state index in [9.17, 15) is 4.39 Å². The van der Waals surface area contributed by atoms with Gasteiger partial charge in [0.15, 0.2) is 0 Å². The Kier molecular flexibility index (Phi) is 4.65. The van der Waals surface area contributed by atoms with Crippen LogP contribution in [0.25, 0.3) is 0 Å². The molecule has 1 atom stereocenters. The number of nitrogens with two attached hydrogens (primary N) is 1. The monoisotopic (exact) mass is 260 g/mol. The van der Waals surface area contributed by atoms with Gasteiger partial charge in [0.05, 0.1) is 11.0 Å². The zero-order valence-corrected chi connectivity index (χ0v) is 10.8. The number of hydrogen-bond donors (Lipinski definition) is 1. The number of benzene rings is 1. The van der Waals surface area contributed by atoms with Crippen molar-refractivity contribution in [3.63, 3.8) is 0 Å². The van der Waals surface area contributed by atoms with Crippen molar-refractivity contribution in [2.45, 2.75) is 19.5 Å². The fourth-order valence-corrected chi connectivity index (χ4v) is 1.61. The minimum Gasteiger partial charge on any atom is -0.392 e. The first-order valence-electron chi connectivity index (χ1n) is 4.85. The third-order valence-electron chi connectivity index (χ3n) is 2.51. The van der Waals surface area contributed by atoms with Crippen molar-refractivity contribution >= 4 is 28.8 Å². The second-order valence-electron chi connectivity index (χ2n) is 3.73. The minimum atomic E-state index is -0.311. The molecule has 0 aliphatic heterocycles. The molecule has 1 rings (SSSR count). The van der Waals surface area contributed by atoms with Gasteiger partial charge in [-0.05, 0) is 26.1 Å². The first kappa shape index (κ1) is 13.4. The van der Waals surface area contributed by atoms with Crippen LogP contribution in [0.3, 0.4) is 0 Å². The Morgan fingerprint density at radius 3 is 2.75 bits per heavy atom. The van der Waals surface area contributed by atoms with E-state index in [2.05, 4.69) is 0 Å². The smallest absolute Gasteiger partial charge is 0.129 e. The Morgan fingerprint density at radius 1 is 1.62 bits per heavy atom. The van der Waals surface area contributed by atoms with E-state index in [0.717, 1.165) is 0 Å². The number of halogens is 2. The molecule has 0 aliphatic rings. The maximum atomic E-state index is 13.5. The van der Waals surface area contributed by atoms with Gasteiger partial charge in [0, 0.05) is 17.1 Å². The molecule has 1 aromatic carbocycles. The van der Waals surface area contributed by atoms with Crippen LogP contribution in [0.5, 0.6) is 0 Å². The van der Waals surface area contributed by atoms with Crippen molar-refractivity contribution < 1.29 is 4.39 Å². The summed E-state index contributed by atoms with van der Waals surface area (Å²) >= 11 is 10.6. The molecule has 0 amide bonds. The predicted molar refractivity (Wildman–Crippen MR) is 69.1 cm³/mol. The van der Waals surface area contributed by atoms with Gasteiger partial charge in [0.2, 0.25) is 0 Å². The number of thiocarbonyl (C=S) groups is 1. The van der Waals surface area contributed by atoms with E-state index >= 15 is 0 Å². The molecular formula is C11H14ClFN2S. The Labute approximate surface area is 105 Å². The van der Waals surface area contributed by atoms with Crippen molar-refractivity contribution in [2.75, 3.05) is 7.05 Å². The number of likely N-dealkylation sites (N-methyl/N-ethyl adjacent to an activating group) is 1. The van der Waals surface area contributed by atoms with E-state index in [-0.39, 0.29) is 11.9 Å². The standard InChI is InChI=1S/C11H14ClFN2S/c1-7(11(14)16)15(2)6-8-3-4-9(12)5-10(8)13/h3-5,7H,6H2,1-2H3,(H2,14,16). The van der Waals surface area contributed by atoms with Gasteiger partial charge in [0.25, 0.3) is 0 Å². The Morgan fingerprint density at radius 2 is 2.25 bits per heavy atom. The number of nitrogens with zero attached hydrogens (tertiary/aromatic N) is 1. The zero-order chi connectivity index (χ0) is 12.3. The molecule has 0 radical (unpaired) electrons. The summed E-state index contributed by atoms with van der Waals surface area (Å²) in [5, 5.41) is 0.395. The van der Waals surface area contributed by atoms with Crippen LogP contribution in [0, 0.1) is 5.82 Å². The highest BCUT2D eigenvalue weighted by Gasteiger charge is 2.13. The van der Waals surface area contributed by atoms with E-state index in [1.165, 1.54) is 6.07 Å². The van der Waals surface area contributed by atoms with Gasteiger partial charge in [-0.15, -0.1) is 0 Å². The summed E-state index contributed by atoms with van der Waals surface area (Å²) < 4.78 is 13.5. The van der Waals surface area contributed by atoms with E-state index in [1.807, 2.05) is 18.9 Å². The average molecular weight is 261 g/mol. The van der Waals surface area contributed by atoms with Gasteiger partial charge in [-0.25, -0.2) is 4.39 Å². The van der Waals surface area contributed by atoms with Gasteiger partial charge in [-0.3, -0.25) is 4.90 Å². The Balaban J connectivity index is 2.77. The third kappa shape index (κ3) is 3.40. The molecule has 5 heteroatoms.